The second kappa shape index (κ2) is 3.18. The minimum atomic E-state index is -0.929. The molecule has 0 saturated heterocycles. The van der Waals surface area contributed by atoms with Crippen LogP contribution in [0.3, 0.4) is 0 Å². The SMILES string of the molecule is O=C(O)c1cn[nH]c1CNC1CC1. The molecule has 3 N–H and O–H groups in total. The van der Waals surface area contributed by atoms with Gasteiger partial charge < -0.3 is 10.4 Å². The predicted octanol–water partition coefficient (Wildman–Crippen LogP) is 0.360. The number of hydrogen-bond donors (Lipinski definition) is 3. The summed E-state index contributed by atoms with van der Waals surface area (Å²) >= 11 is 0. The summed E-state index contributed by atoms with van der Waals surface area (Å²) in [4.78, 5) is 10.7. The Bertz CT molecular complexity index is 317. The van der Waals surface area contributed by atoms with Gasteiger partial charge in [0.1, 0.15) is 5.56 Å². The van der Waals surface area contributed by atoms with Crippen LogP contribution in [0.5, 0.6) is 0 Å². The fourth-order valence-electron chi connectivity index (χ4n) is 1.17. The molecule has 13 heavy (non-hydrogen) atoms. The lowest BCUT2D eigenvalue weighted by atomic mass is 10.2. The monoisotopic (exact) mass is 181 g/mol. The smallest absolute Gasteiger partial charge is 0.339 e. The van der Waals surface area contributed by atoms with Crippen LogP contribution in [0.4, 0.5) is 0 Å². The average molecular weight is 181 g/mol. The summed E-state index contributed by atoms with van der Waals surface area (Å²) in [5, 5.41) is 18.3. The van der Waals surface area contributed by atoms with E-state index >= 15 is 0 Å². The van der Waals surface area contributed by atoms with Crippen LogP contribution in [0, 0.1) is 0 Å². The first-order chi connectivity index (χ1) is 6.27. The Morgan fingerprint density at radius 2 is 2.54 bits per heavy atom. The van der Waals surface area contributed by atoms with Crippen molar-refractivity contribution in [2.75, 3.05) is 0 Å². The first-order valence-corrected chi connectivity index (χ1v) is 4.26. The number of aromatic carboxylic acids is 1. The van der Waals surface area contributed by atoms with E-state index in [1.807, 2.05) is 0 Å². The third-order valence-corrected chi connectivity index (χ3v) is 2.09. The lowest BCUT2D eigenvalue weighted by Crippen LogP contribution is -2.17. The largest absolute Gasteiger partial charge is 0.478 e. The van der Waals surface area contributed by atoms with E-state index in [1.54, 1.807) is 0 Å². The molecule has 1 fully saturated rings. The number of carboxylic acid groups (broad SMARTS) is 1. The minimum Gasteiger partial charge on any atom is -0.478 e. The summed E-state index contributed by atoms with van der Waals surface area (Å²) in [7, 11) is 0. The highest BCUT2D eigenvalue weighted by Gasteiger charge is 2.21. The van der Waals surface area contributed by atoms with Gasteiger partial charge in [0, 0.05) is 12.6 Å². The van der Waals surface area contributed by atoms with Crippen LogP contribution in [-0.4, -0.2) is 27.3 Å². The number of H-pyrrole nitrogens is 1. The summed E-state index contributed by atoms with van der Waals surface area (Å²) in [5.41, 5.74) is 0.910. The topological polar surface area (TPSA) is 78.0 Å². The summed E-state index contributed by atoms with van der Waals surface area (Å²) in [6.45, 7) is 0.562. The van der Waals surface area contributed by atoms with Crippen molar-refractivity contribution in [3.05, 3.63) is 17.5 Å². The fraction of sp³-hybridized carbons (Fsp3) is 0.500. The highest BCUT2D eigenvalue weighted by Crippen LogP contribution is 2.19. The fourth-order valence-corrected chi connectivity index (χ4v) is 1.17. The number of nitrogens with one attached hydrogen (secondary N) is 2. The van der Waals surface area contributed by atoms with Crippen molar-refractivity contribution >= 4 is 5.97 Å². The van der Waals surface area contributed by atoms with Crippen LogP contribution in [0.25, 0.3) is 0 Å². The van der Waals surface area contributed by atoms with Gasteiger partial charge >= 0.3 is 5.97 Å². The van der Waals surface area contributed by atoms with Gasteiger partial charge in [-0.3, -0.25) is 5.10 Å². The molecule has 1 aromatic rings. The molecule has 0 amide bonds. The number of aromatic nitrogens is 2. The molecule has 1 aliphatic carbocycles. The molecule has 0 bridgehead atoms. The lowest BCUT2D eigenvalue weighted by Gasteiger charge is -2.00. The van der Waals surface area contributed by atoms with Crippen LogP contribution in [0.2, 0.25) is 0 Å². The third-order valence-electron chi connectivity index (χ3n) is 2.09. The van der Waals surface area contributed by atoms with Crippen molar-refractivity contribution in [3.8, 4) is 0 Å². The number of carboxylic acids is 1. The van der Waals surface area contributed by atoms with Crippen LogP contribution in [-0.2, 0) is 6.54 Å². The Kier molecular flexibility index (Phi) is 2.02. The maximum absolute atomic E-state index is 10.7. The molecule has 1 heterocycles. The van der Waals surface area contributed by atoms with Gasteiger partial charge in [-0.05, 0) is 12.8 Å². The third kappa shape index (κ3) is 1.86. The van der Waals surface area contributed by atoms with Gasteiger partial charge in [-0.1, -0.05) is 0 Å². The average Bonchev–Trinajstić information content (AvgIpc) is 2.79. The molecule has 2 rings (SSSR count). The maximum atomic E-state index is 10.7. The summed E-state index contributed by atoms with van der Waals surface area (Å²) in [6.07, 6.45) is 3.72. The van der Waals surface area contributed by atoms with Gasteiger partial charge in [-0.2, -0.15) is 5.10 Å². The van der Waals surface area contributed by atoms with Gasteiger partial charge in [0.05, 0.1) is 11.9 Å². The first kappa shape index (κ1) is 8.25. The highest BCUT2D eigenvalue weighted by atomic mass is 16.4. The molecule has 0 radical (unpaired) electrons. The molecule has 0 unspecified atom stereocenters. The van der Waals surface area contributed by atoms with E-state index in [2.05, 4.69) is 15.5 Å². The molecule has 1 aliphatic rings. The second-order valence-electron chi connectivity index (χ2n) is 3.22. The zero-order valence-corrected chi connectivity index (χ0v) is 7.08. The van der Waals surface area contributed by atoms with Gasteiger partial charge in [0.25, 0.3) is 0 Å². The van der Waals surface area contributed by atoms with Crippen LogP contribution in [0.15, 0.2) is 6.20 Å². The van der Waals surface area contributed by atoms with Crippen molar-refractivity contribution < 1.29 is 9.90 Å². The Labute approximate surface area is 75.2 Å². The van der Waals surface area contributed by atoms with Crippen LogP contribution in [0.1, 0.15) is 28.9 Å². The maximum Gasteiger partial charge on any atom is 0.339 e. The Morgan fingerprint density at radius 3 is 3.15 bits per heavy atom. The van der Waals surface area contributed by atoms with Crippen LogP contribution >= 0.6 is 0 Å². The van der Waals surface area contributed by atoms with E-state index in [1.165, 1.54) is 19.0 Å². The van der Waals surface area contributed by atoms with E-state index < -0.39 is 5.97 Å². The van der Waals surface area contributed by atoms with Gasteiger partial charge in [0.15, 0.2) is 0 Å². The number of nitrogens with zero attached hydrogens (tertiary/aromatic N) is 1. The minimum absolute atomic E-state index is 0.258. The lowest BCUT2D eigenvalue weighted by molar-refractivity contribution is 0.0695. The molecule has 1 aromatic heterocycles. The van der Waals surface area contributed by atoms with Crippen molar-refractivity contribution in [1.29, 1.82) is 0 Å². The molecule has 70 valence electrons. The number of aromatic amines is 1. The standard InChI is InChI=1S/C8H11N3O2/c12-8(13)6-3-10-11-7(6)4-9-5-1-2-5/h3,5,9H,1-2,4H2,(H,10,11)(H,12,13). The Balaban J connectivity index is 2.00. The molecular weight excluding hydrogens is 170 g/mol. The Morgan fingerprint density at radius 1 is 1.77 bits per heavy atom. The first-order valence-electron chi connectivity index (χ1n) is 4.26. The van der Waals surface area contributed by atoms with E-state index in [-0.39, 0.29) is 5.56 Å². The molecule has 5 nitrogen and oxygen atoms in total. The number of hydrogen-bond acceptors (Lipinski definition) is 3. The molecule has 5 heteroatoms. The normalized spacial score (nSPS) is 16.0. The van der Waals surface area contributed by atoms with E-state index in [4.69, 9.17) is 5.11 Å². The Hall–Kier alpha value is -1.36. The van der Waals surface area contributed by atoms with E-state index in [0.29, 0.717) is 18.3 Å². The van der Waals surface area contributed by atoms with Gasteiger partial charge in [-0.15, -0.1) is 0 Å². The highest BCUT2D eigenvalue weighted by molar-refractivity contribution is 5.88. The van der Waals surface area contributed by atoms with Crippen molar-refractivity contribution in [2.24, 2.45) is 0 Å². The molecule has 0 spiro atoms. The van der Waals surface area contributed by atoms with Crippen LogP contribution < -0.4 is 5.32 Å². The van der Waals surface area contributed by atoms with Gasteiger partial charge in [0.2, 0.25) is 0 Å². The van der Waals surface area contributed by atoms with Crippen molar-refractivity contribution in [1.82, 2.24) is 15.5 Å². The number of carbonyl (C=O) groups is 1. The van der Waals surface area contributed by atoms with Gasteiger partial charge in [-0.25, -0.2) is 4.79 Å². The zero-order valence-electron chi connectivity index (χ0n) is 7.08. The van der Waals surface area contributed by atoms with Crippen molar-refractivity contribution in [2.45, 2.75) is 25.4 Å². The quantitative estimate of drug-likeness (QED) is 0.626. The van der Waals surface area contributed by atoms with E-state index in [9.17, 15) is 4.79 Å². The molecule has 0 atom stereocenters. The second-order valence-corrected chi connectivity index (χ2v) is 3.22. The molecular formula is C8H11N3O2. The predicted molar refractivity (Wildman–Crippen MR) is 45.4 cm³/mol. The zero-order chi connectivity index (χ0) is 9.26. The summed E-state index contributed by atoms with van der Waals surface area (Å²) < 4.78 is 0. The van der Waals surface area contributed by atoms with Crippen molar-refractivity contribution in [3.63, 3.8) is 0 Å². The molecule has 0 aliphatic heterocycles. The summed E-state index contributed by atoms with van der Waals surface area (Å²) in [6, 6.07) is 0.574. The molecule has 1 saturated carbocycles. The number of rotatable bonds is 4. The molecule has 0 aromatic carbocycles. The summed E-state index contributed by atoms with van der Waals surface area (Å²) in [5.74, 6) is -0.929. The van der Waals surface area contributed by atoms with E-state index in [0.717, 1.165) is 0 Å².